The Morgan fingerprint density at radius 2 is 1.88 bits per heavy atom. The van der Waals surface area contributed by atoms with Gasteiger partial charge in [0.2, 0.25) is 5.91 Å². The van der Waals surface area contributed by atoms with Gasteiger partial charge in [-0.3, -0.25) is 9.59 Å². The van der Waals surface area contributed by atoms with Gasteiger partial charge in [-0.1, -0.05) is 30.3 Å². The zero-order valence-electron chi connectivity index (χ0n) is 19.6. The van der Waals surface area contributed by atoms with Crippen molar-refractivity contribution in [1.29, 1.82) is 0 Å². The summed E-state index contributed by atoms with van der Waals surface area (Å²) >= 11 is 0. The van der Waals surface area contributed by atoms with Crippen molar-refractivity contribution in [1.82, 2.24) is 14.8 Å². The number of amides is 2. The number of anilines is 1. The molecule has 2 aliphatic rings. The summed E-state index contributed by atoms with van der Waals surface area (Å²) in [5, 5.41) is 3.86. The molecule has 34 heavy (non-hydrogen) atoms. The van der Waals surface area contributed by atoms with E-state index in [4.69, 9.17) is 4.74 Å². The molecule has 5 rings (SSSR count). The zero-order chi connectivity index (χ0) is 24.0. The van der Waals surface area contributed by atoms with E-state index in [9.17, 15) is 14.4 Å². The van der Waals surface area contributed by atoms with Crippen molar-refractivity contribution >= 4 is 34.4 Å². The minimum Gasteiger partial charge on any atom is -0.467 e. The number of para-hydroxylation sites is 2. The third kappa shape index (κ3) is 3.41. The number of fused-ring (bicyclic) bond motifs is 6. The van der Waals surface area contributed by atoms with Crippen LogP contribution in [0.1, 0.15) is 41.1 Å². The molecule has 2 aliphatic heterocycles. The molecule has 8 nitrogen and oxygen atoms in total. The monoisotopic (exact) mass is 460 g/mol. The average molecular weight is 461 g/mol. The topological polar surface area (TPSA) is 83.9 Å². The maximum absolute atomic E-state index is 13.4. The van der Waals surface area contributed by atoms with E-state index in [0.717, 1.165) is 28.7 Å². The lowest BCUT2D eigenvalue weighted by atomic mass is 9.96. The van der Waals surface area contributed by atoms with E-state index in [1.807, 2.05) is 48.3 Å². The van der Waals surface area contributed by atoms with Crippen LogP contribution in [0.5, 0.6) is 0 Å². The van der Waals surface area contributed by atoms with Gasteiger partial charge >= 0.3 is 5.97 Å². The number of hydrogen-bond acceptors (Lipinski definition) is 5. The lowest BCUT2D eigenvalue weighted by Gasteiger charge is -2.46. The van der Waals surface area contributed by atoms with Crippen molar-refractivity contribution < 1.29 is 19.1 Å². The Kier molecular flexibility index (Phi) is 5.51. The molecule has 0 saturated heterocycles. The zero-order valence-corrected chi connectivity index (χ0v) is 19.6. The molecule has 1 aromatic heterocycles. The van der Waals surface area contributed by atoms with Crippen LogP contribution < -0.4 is 10.2 Å². The number of aryl methyl sites for hydroxylation is 1. The summed E-state index contributed by atoms with van der Waals surface area (Å²) in [5.41, 5.74) is 4.93. The van der Waals surface area contributed by atoms with Gasteiger partial charge in [-0.2, -0.15) is 0 Å². The Morgan fingerprint density at radius 1 is 1.15 bits per heavy atom. The van der Waals surface area contributed by atoms with Crippen LogP contribution in [-0.4, -0.2) is 54.0 Å². The van der Waals surface area contributed by atoms with Gasteiger partial charge in [0.1, 0.15) is 12.2 Å². The smallest absolute Gasteiger partial charge is 0.328 e. The molecule has 3 heterocycles. The van der Waals surface area contributed by atoms with Gasteiger partial charge in [0, 0.05) is 37.5 Å². The Bertz CT molecular complexity index is 1300. The summed E-state index contributed by atoms with van der Waals surface area (Å²) in [6.07, 6.45) is 0.704. The van der Waals surface area contributed by atoms with Gasteiger partial charge in [-0.25, -0.2) is 4.79 Å². The van der Waals surface area contributed by atoms with Crippen molar-refractivity contribution in [3.05, 3.63) is 65.4 Å². The first-order valence-electron chi connectivity index (χ1n) is 11.5. The fourth-order valence-corrected chi connectivity index (χ4v) is 5.31. The molecular formula is C26H28N4O4. The third-order valence-electron chi connectivity index (χ3n) is 6.90. The molecule has 8 heteroatoms. The summed E-state index contributed by atoms with van der Waals surface area (Å²) in [6.45, 7) is 2.68. The van der Waals surface area contributed by atoms with Crippen molar-refractivity contribution in [3.8, 4) is 0 Å². The quantitative estimate of drug-likeness (QED) is 0.592. The number of methoxy groups -OCH3 is 1. The largest absolute Gasteiger partial charge is 0.467 e. The molecule has 0 spiro atoms. The molecule has 2 aromatic carbocycles. The minimum atomic E-state index is -0.707. The summed E-state index contributed by atoms with van der Waals surface area (Å²) in [4.78, 5) is 41.8. The number of hydrogen-bond donors (Lipinski definition) is 1. The van der Waals surface area contributed by atoms with Gasteiger partial charge < -0.3 is 24.4 Å². The number of carbonyl (C=O) groups excluding carboxylic acids is 3. The fraction of sp³-hybridized carbons (Fsp3) is 0.346. The maximum Gasteiger partial charge on any atom is 0.328 e. The lowest BCUT2D eigenvalue weighted by molar-refractivity contribution is -0.144. The number of esters is 1. The molecule has 2 amide bonds. The van der Waals surface area contributed by atoms with Crippen LogP contribution in [0.15, 0.2) is 48.5 Å². The second-order valence-corrected chi connectivity index (χ2v) is 8.85. The highest BCUT2D eigenvalue weighted by atomic mass is 16.5. The first-order valence-corrected chi connectivity index (χ1v) is 11.5. The second kappa shape index (κ2) is 8.52. The standard InChI is InChI=1S/C26H28N4O4/c1-16(26(33)34-3)27-22(31)13-15-29-21-11-7-4-8-17(21)18-12-14-30-24(23(18)29)28(2)20-10-6-5-9-19(20)25(30)32/h4-11,16,24H,12-15H2,1-3H3,(H,27,31)/t16-,24?/m0/s1. The van der Waals surface area contributed by atoms with E-state index >= 15 is 0 Å². The van der Waals surface area contributed by atoms with Crippen molar-refractivity contribution in [2.75, 3.05) is 25.6 Å². The Hall–Kier alpha value is -3.81. The van der Waals surface area contributed by atoms with Crippen LogP contribution in [0.3, 0.4) is 0 Å². The number of rotatable bonds is 5. The summed E-state index contributed by atoms with van der Waals surface area (Å²) in [7, 11) is 3.32. The molecule has 0 saturated carbocycles. The van der Waals surface area contributed by atoms with Gasteiger partial charge in [0.25, 0.3) is 5.91 Å². The second-order valence-electron chi connectivity index (χ2n) is 8.85. The van der Waals surface area contributed by atoms with E-state index in [1.54, 1.807) is 6.92 Å². The highest BCUT2D eigenvalue weighted by molar-refractivity contribution is 6.02. The summed E-state index contributed by atoms with van der Waals surface area (Å²) < 4.78 is 6.87. The van der Waals surface area contributed by atoms with Gasteiger partial charge in [-0.05, 0) is 37.1 Å². The Morgan fingerprint density at radius 3 is 2.68 bits per heavy atom. The van der Waals surface area contributed by atoms with Crippen LogP contribution in [-0.2, 0) is 27.3 Å². The van der Waals surface area contributed by atoms with Crippen LogP contribution in [0.2, 0.25) is 0 Å². The van der Waals surface area contributed by atoms with E-state index in [1.165, 1.54) is 12.7 Å². The molecular weight excluding hydrogens is 432 g/mol. The van der Waals surface area contributed by atoms with Crippen LogP contribution >= 0.6 is 0 Å². The van der Waals surface area contributed by atoms with Gasteiger partial charge in [-0.15, -0.1) is 0 Å². The van der Waals surface area contributed by atoms with Crippen molar-refractivity contribution in [2.24, 2.45) is 0 Å². The molecule has 1 unspecified atom stereocenters. The predicted octanol–water partition coefficient (Wildman–Crippen LogP) is 2.86. The molecule has 176 valence electrons. The highest BCUT2D eigenvalue weighted by Crippen LogP contribution is 2.44. The van der Waals surface area contributed by atoms with Crippen LogP contribution in [0.4, 0.5) is 5.69 Å². The fourth-order valence-electron chi connectivity index (χ4n) is 5.31. The van der Waals surface area contributed by atoms with Gasteiger partial charge in [0.05, 0.1) is 24.1 Å². The van der Waals surface area contributed by atoms with Gasteiger partial charge in [0.15, 0.2) is 0 Å². The number of ether oxygens (including phenoxy) is 1. The maximum atomic E-state index is 13.4. The van der Waals surface area contributed by atoms with Crippen LogP contribution in [0.25, 0.3) is 10.9 Å². The van der Waals surface area contributed by atoms with E-state index in [2.05, 4.69) is 26.9 Å². The molecule has 2 atom stereocenters. The summed E-state index contributed by atoms with van der Waals surface area (Å²) in [5.74, 6) is -0.671. The molecule has 0 bridgehead atoms. The number of nitrogens with one attached hydrogen (secondary N) is 1. The molecule has 0 aliphatic carbocycles. The van der Waals surface area contributed by atoms with Crippen molar-refractivity contribution in [2.45, 2.75) is 38.5 Å². The number of aromatic nitrogens is 1. The molecule has 0 radical (unpaired) electrons. The Balaban J connectivity index is 1.54. The van der Waals surface area contributed by atoms with Crippen molar-refractivity contribution in [3.63, 3.8) is 0 Å². The minimum absolute atomic E-state index is 0.0331. The number of benzene rings is 2. The SMILES string of the molecule is COC(=O)[C@H](C)NC(=O)CCn1c2c(c3ccccc31)CCN1C(=O)c3ccccc3N(C)C21. The first-order chi connectivity index (χ1) is 16.4. The number of nitrogens with zero attached hydrogens (tertiary/aromatic N) is 3. The first kappa shape index (κ1) is 22.0. The molecule has 3 aromatic rings. The van der Waals surface area contributed by atoms with E-state index in [-0.39, 0.29) is 24.4 Å². The summed E-state index contributed by atoms with van der Waals surface area (Å²) in [6, 6.07) is 15.2. The number of carbonyl (C=O) groups is 3. The lowest BCUT2D eigenvalue weighted by Crippen LogP contribution is -2.51. The van der Waals surface area contributed by atoms with Crippen LogP contribution in [0, 0.1) is 0 Å². The molecule has 1 N–H and O–H groups in total. The van der Waals surface area contributed by atoms with E-state index in [0.29, 0.717) is 18.7 Å². The Labute approximate surface area is 198 Å². The predicted molar refractivity (Wildman–Crippen MR) is 129 cm³/mol. The third-order valence-corrected chi connectivity index (χ3v) is 6.90. The normalized spacial score (nSPS) is 17.6. The highest BCUT2D eigenvalue weighted by Gasteiger charge is 2.42. The van der Waals surface area contributed by atoms with E-state index < -0.39 is 12.0 Å². The molecule has 0 fully saturated rings. The average Bonchev–Trinajstić information content (AvgIpc) is 3.18.